The van der Waals surface area contributed by atoms with Gasteiger partial charge in [-0.2, -0.15) is 13.2 Å². The first-order chi connectivity index (χ1) is 9.86. The Hall–Kier alpha value is -1.46. The largest absolute Gasteiger partial charge is 0.478 e. The number of unbranched alkanes of at least 4 members (excludes halogenated alkanes) is 6. The summed E-state index contributed by atoms with van der Waals surface area (Å²) in [6.07, 6.45) is 4.86. The molecule has 1 aromatic heterocycles. The molecule has 21 heavy (non-hydrogen) atoms. The van der Waals surface area contributed by atoms with Crippen molar-refractivity contribution < 1.29 is 23.1 Å². The molecule has 0 spiro atoms. The molecule has 0 saturated heterocycles. The molecule has 120 valence electrons. The molecule has 0 aromatic carbocycles. The Labute approximate surface area is 122 Å². The second kappa shape index (κ2) is 8.10. The lowest BCUT2D eigenvalue weighted by atomic mass is 10.1. The van der Waals surface area contributed by atoms with Gasteiger partial charge in [-0.1, -0.05) is 45.4 Å². The highest BCUT2D eigenvalue weighted by atomic mass is 19.4. The van der Waals surface area contributed by atoms with Crippen LogP contribution in [0.4, 0.5) is 13.2 Å². The third-order valence-corrected chi connectivity index (χ3v) is 3.44. The number of rotatable bonds is 9. The van der Waals surface area contributed by atoms with Crippen LogP contribution in [-0.2, 0) is 12.7 Å². The molecule has 0 atom stereocenters. The van der Waals surface area contributed by atoms with E-state index in [1.165, 1.54) is 23.8 Å². The van der Waals surface area contributed by atoms with Gasteiger partial charge in [0.05, 0.1) is 11.1 Å². The standard InChI is InChI=1S/C15H22F3NO2/c1-2-3-4-5-6-7-8-9-19-10-12(14(20)21)13(11-19)15(16,17)18/h10-11H,2-9H2,1H3,(H,20,21). The van der Waals surface area contributed by atoms with Crippen molar-refractivity contribution in [1.29, 1.82) is 0 Å². The van der Waals surface area contributed by atoms with E-state index >= 15 is 0 Å². The molecular weight excluding hydrogens is 283 g/mol. The second-order valence-electron chi connectivity index (χ2n) is 5.25. The van der Waals surface area contributed by atoms with Gasteiger partial charge < -0.3 is 9.67 Å². The van der Waals surface area contributed by atoms with Gasteiger partial charge in [-0.15, -0.1) is 0 Å². The molecule has 0 radical (unpaired) electrons. The number of aromatic carboxylic acids is 1. The van der Waals surface area contributed by atoms with Crippen LogP contribution in [-0.4, -0.2) is 15.6 Å². The van der Waals surface area contributed by atoms with Gasteiger partial charge in [0.2, 0.25) is 0 Å². The lowest BCUT2D eigenvalue weighted by Crippen LogP contribution is -2.09. The van der Waals surface area contributed by atoms with Crippen LogP contribution in [0.15, 0.2) is 12.4 Å². The summed E-state index contributed by atoms with van der Waals surface area (Å²) in [5, 5.41) is 8.82. The highest BCUT2D eigenvalue weighted by molar-refractivity contribution is 5.89. The molecule has 1 N–H and O–H groups in total. The van der Waals surface area contributed by atoms with E-state index in [2.05, 4.69) is 6.92 Å². The third-order valence-electron chi connectivity index (χ3n) is 3.44. The zero-order chi connectivity index (χ0) is 15.9. The zero-order valence-corrected chi connectivity index (χ0v) is 12.2. The summed E-state index contributed by atoms with van der Waals surface area (Å²) in [4.78, 5) is 10.8. The summed E-state index contributed by atoms with van der Waals surface area (Å²) < 4.78 is 39.5. The van der Waals surface area contributed by atoms with Crippen LogP contribution in [0.25, 0.3) is 0 Å². The summed E-state index contributed by atoms with van der Waals surface area (Å²) in [5.74, 6) is -1.54. The van der Waals surface area contributed by atoms with Gasteiger partial charge in [-0.25, -0.2) is 4.79 Å². The molecule has 6 heteroatoms. The number of carboxylic acids is 1. The minimum absolute atomic E-state index is 0.421. The molecule has 0 aliphatic rings. The van der Waals surface area contributed by atoms with Crippen LogP contribution in [0.2, 0.25) is 0 Å². The molecule has 0 unspecified atom stereocenters. The molecule has 0 aliphatic heterocycles. The van der Waals surface area contributed by atoms with Crippen molar-refractivity contribution in [3.63, 3.8) is 0 Å². The number of carbonyl (C=O) groups is 1. The quantitative estimate of drug-likeness (QED) is 0.655. The first-order valence-corrected chi connectivity index (χ1v) is 7.36. The lowest BCUT2D eigenvalue weighted by Gasteiger charge is -2.05. The predicted molar refractivity (Wildman–Crippen MR) is 74.4 cm³/mol. The average molecular weight is 305 g/mol. The van der Waals surface area contributed by atoms with Crippen molar-refractivity contribution in [1.82, 2.24) is 4.57 Å². The Morgan fingerprint density at radius 1 is 1.10 bits per heavy atom. The molecule has 0 bridgehead atoms. The smallest absolute Gasteiger partial charge is 0.418 e. The molecule has 1 heterocycles. The maximum Gasteiger partial charge on any atom is 0.418 e. The number of carboxylic acid groups (broad SMARTS) is 1. The number of halogens is 3. The summed E-state index contributed by atoms with van der Waals surface area (Å²) >= 11 is 0. The number of aryl methyl sites for hydroxylation is 1. The van der Waals surface area contributed by atoms with Gasteiger partial charge in [-0.3, -0.25) is 0 Å². The summed E-state index contributed by atoms with van der Waals surface area (Å²) in [5.41, 5.74) is -1.75. The minimum Gasteiger partial charge on any atom is -0.478 e. The third kappa shape index (κ3) is 5.81. The highest BCUT2D eigenvalue weighted by Crippen LogP contribution is 2.32. The summed E-state index contributed by atoms with van der Waals surface area (Å²) in [7, 11) is 0. The van der Waals surface area contributed by atoms with Crippen molar-refractivity contribution >= 4 is 5.97 Å². The van der Waals surface area contributed by atoms with Crippen molar-refractivity contribution in [2.45, 2.75) is 64.6 Å². The molecule has 0 aliphatic carbocycles. The van der Waals surface area contributed by atoms with E-state index in [-0.39, 0.29) is 0 Å². The lowest BCUT2D eigenvalue weighted by molar-refractivity contribution is -0.138. The minimum atomic E-state index is -4.63. The maximum absolute atomic E-state index is 12.7. The van der Waals surface area contributed by atoms with Gasteiger partial charge in [0.15, 0.2) is 0 Å². The van der Waals surface area contributed by atoms with E-state index in [0.29, 0.717) is 6.54 Å². The summed E-state index contributed by atoms with van der Waals surface area (Å²) in [6.45, 7) is 2.56. The second-order valence-corrected chi connectivity index (χ2v) is 5.25. The number of nitrogens with zero attached hydrogens (tertiary/aromatic N) is 1. The Kier molecular flexibility index (Phi) is 6.78. The van der Waals surface area contributed by atoms with E-state index in [4.69, 9.17) is 5.11 Å². The molecular formula is C15H22F3NO2. The zero-order valence-electron chi connectivity index (χ0n) is 12.2. The van der Waals surface area contributed by atoms with Gasteiger partial charge in [-0.05, 0) is 6.42 Å². The maximum atomic E-state index is 12.7. The normalized spacial score (nSPS) is 11.8. The van der Waals surface area contributed by atoms with Crippen LogP contribution in [0.3, 0.4) is 0 Å². The Morgan fingerprint density at radius 3 is 2.14 bits per heavy atom. The van der Waals surface area contributed by atoms with Crippen molar-refractivity contribution in [2.24, 2.45) is 0 Å². The molecule has 0 saturated carbocycles. The topological polar surface area (TPSA) is 42.2 Å². The van der Waals surface area contributed by atoms with Crippen LogP contribution in [0.1, 0.15) is 67.8 Å². The van der Waals surface area contributed by atoms with Crippen molar-refractivity contribution in [2.75, 3.05) is 0 Å². The Bertz CT molecular complexity index is 452. The van der Waals surface area contributed by atoms with Crippen LogP contribution in [0, 0.1) is 0 Å². The monoisotopic (exact) mass is 305 g/mol. The van der Waals surface area contributed by atoms with E-state index in [0.717, 1.165) is 38.1 Å². The van der Waals surface area contributed by atoms with Crippen molar-refractivity contribution in [3.8, 4) is 0 Å². The fourth-order valence-electron chi connectivity index (χ4n) is 2.28. The Morgan fingerprint density at radius 2 is 1.67 bits per heavy atom. The number of aromatic nitrogens is 1. The molecule has 0 fully saturated rings. The van der Waals surface area contributed by atoms with Crippen LogP contribution < -0.4 is 0 Å². The van der Waals surface area contributed by atoms with Crippen molar-refractivity contribution in [3.05, 3.63) is 23.5 Å². The Balaban J connectivity index is 2.48. The van der Waals surface area contributed by atoms with E-state index in [1.807, 2.05) is 0 Å². The van der Waals surface area contributed by atoms with Gasteiger partial charge in [0.25, 0.3) is 0 Å². The first kappa shape index (κ1) is 17.6. The molecule has 3 nitrogen and oxygen atoms in total. The number of hydrogen-bond donors (Lipinski definition) is 1. The average Bonchev–Trinajstić information content (AvgIpc) is 2.82. The van der Waals surface area contributed by atoms with E-state index < -0.39 is 23.3 Å². The van der Waals surface area contributed by atoms with Gasteiger partial charge in [0.1, 0.15) is 0 Å². The fourth-order valence-corrected chi connectivity index (χ4v) is 2.28. The molecule has 0 amide bonds. The molecule has 1 aromatic rings. The summed E-state index contributed by atoms with van der Waals surface area (Å²) in [6, 6.07) is 0. The first-order valence-electron chi connectivity index (χ1n) is 7.36. The predicted octanol–water partition coefficient (Wildman–Crippen LogP) is 4.96. The van der Waals surface area contributed by atoms with E-state index in [1.54, 1.807) is 0 Å². The van der Waals surface area contributed by atoms with Crippen LogP contribution in [0.5, 0.6) is 0 Å². The van der Waals surface area contributed by atoms with E-state index in [9.17, 15) is 18.0 Å². The number of hydrogen-bond acceptors (Lipinski definition) is 1. The van der Waals surface area contributed by atoms with Gasteiger partial charge >= 0.3 is 12.1 Å². The van der Waals surface area contributed by atoms with Gasteiger partial charge in [0, 0.05) is 18.9 Å². The highest BCUT2D eigenvalue weighted by Gasteiger charge is 2.36. The SMILES string of the molecule is CCCCCCCCCn1cc(C(=O)O)c(C(F)(F)F)c1. The fraction of sp³-hybridized carbons (Fsp3) is 0.667. The molecule has 1 rings (SSSR count). The van der Waals surface area contributed by atoms with Crippen LogP contribution >= 0.6 is 0 Å². The number of alkyl halides is 3.